The molecule has 0 saturated carbocycles. The first-order valence-corrected chi connectivity index (χ1v) is 11.4. The third-order valence-corrected chi connectivity index (χ3v) is 6.84. The van der Waals surface area contributed by atoms with Gasteiger partial charge in [-0.05, 0) is 82.5 Å². The van der Waals surface area contributed by atoms with Gasteiger partial charge in [0.25, 0.3) is 5.91 Å². The molecule has 0 unspecified atom stereocenters. The van der Waals surface area contributed by atoms with Crippen LogP contribution in [0.15, 0.2) is 18.3 Å². The maximum Gasteiger partial charge on any atom is 0.254 e. The average molecular weight is 385 g/mol. The number of nitrogens with zero attached hydrogens (tertiary/aromatic N) is 4. The van der Waals surface area contributed by atoms with Crippen molar-refractivity contribution in [2.24, 2.45) is 5.92 Å². The van der Waals surface area contributed by atoms with Crippen LogP contribution in [0, 0.1) is 5.92 Å². The summed E-state index contributed by atoms with van der Waals surface area (Å²) >= 11 is 0. The number of pyridine rings is 1. The van der Waals surface area contributed by atoms with Crippen molar-refractivity contribution in [3.63, 3.8) is 0 Å². The first-order valence-electron chi connectivity index (χ1n) is 11.4. The Kier molecular flexibility index (Phi) is 6.50. The number of carbonyl (C=O) groups is 1. The molecule has 0 spiro atoms. The zero-order chi connectivity index (χ0) is 19.3. The van der Waals surface area contributed by atoms with Gasteiger partial charge in [0.2, 0.25) is 0 Å². The zero-order valence-corrected chi connectivity index (χ0v) is 17.5. The summed E-state index contributed by atoms with van der Waals surface area (Å²) in [5, 5.41) is 0. The molecule has 2 atom stereocenters. The fourth-order valence-corrected chi connectivity index (χ4v) is 5.19. The minimum atomic E-state index is 0.208. The lowest BCUT2D eigenvalue weighted by Crippen LogP contribution is -2.45. The molecule has 5 nitrogen and oxygen atoms in total. The summed E-state index contributed by atoms with van der Waals surface area (Å²) in [5.41, 5.74) is 0.816. The molecule has 5 heteroatoms. The predicted octanol–water partition coefficient (Wildman–Crippen LogP) is 3.80. The predicted molar refractivity (Wildman–Crippen MR) is 114 cm³/mol. The van der Waals surface area contributed by atoms with Gasteiger partial charge >= 0.3 is 0 Å². The molecule has 4 heterocycles. The molecule has 4 rings (SSSR count). The van der Waals surface area contributed by atoms with Crippen LogP contribution in [0.25, 0.3) is 0 Å². The van der Waals surface area contributed by atoms with E-state index in [2.05, 4.69) is 26.6 Å². The molecule has 1 amide bonds. The quantitative estimate of drug-likeness (QED) is 0.774. The summed E-state index contributed by atoms with van der Waals surface area (Å²) in [6.07, 6.45) is 11.7. The molecular weight excluding hydrogens is 348 g/mol. The molecule has 1 aromatic rings. The highest BCUT2D eigenvalue weighted by atomic mass is 16.2. The monoisotopic (exact) mass is 384 g/mol. The molecule has 0 N–H and O–H groups in total. The Morgan fingerprint density at radius 3 is 2.71 bits per heavy atom. The molecule has 3 fully saturated rings. The molecule has 3 saturated heterocycles. The molecule has 3 aliphatic rings. The van der Waals surface area contributed by atoms with Gasteiger partial charge in [-0.3, -0.25) is 4.79 Å². The van der Waals surface area contributed by atoms with Crippen molar-refractivity contribution in [3.8, 4) is 0 Å². The zero-order valence-electron chi connectivity index (χ0n) is 17.5. The van der Waals surface area contributed by atoms with Crippen LogP contribution in [0.3, 0.4) is 0 Å². The van der Waals surface area contributed by atoms with Gasteiger partial charge in [0.15, 0.2) is 0 Å². The smallest absolute Gasteiger partial charge is 0.254 e. The summed E-state index contributed by atoms with van der Waals surface area (Å²) in [6, 6.07) is 4.34. The first kappa shape index (κ1) is 19.7. The molecule has 3 aliphatic heterocycles. The lowest BCUT2D eigenvalue weighted by atomic mass is 9.97. The van der Waals surface area contributed by atoms with E-state index in [4.69, 9.17) is 0 Å². The van der Waals surface area contributed by atoms with E-state index in [9.17, 15) is 4.79 Å². The number of rotatable bonds is 5. The summed E-state index contributed by atoms with van der Waals surface area (Å²) in [6.45, 7) is 8.93. The van der Waals surface area contributed by atoms with E-state index in [-0.39, 0.29) is 5.91 Å². The second kappa shape index (κ2) is 9.25. The Bertz CT molecular complexity index is 658. The molecule has 0 aromatic carbocycles. The van der Waals surface area contributed by atoms with Crippen LogP contribution in [0.1, 0.15) is 68.6 Å². The second-order valence-corrected chi connectivity index (χ2v) is 9.08. The minimum Gasteiger partial charge on any atom is -0.356 e. The van der Waals surface area contributed by atoms with Gasteiger partial charge in [0.1, 0.15) is 5.82 Å². The third kappa shape index (κ3) is 4.68. The Morgan fingerprint density at radius 2 is 1.89 bits per heavy atom. The van der Waals surface area contributed by atoms with Crippen LogP contribution < -0.4 is 4.90 Å². The molecule has 1 aromatic heterocycles. The van der Waals surface area contributed by atoms with E-state index in [0.29, 0.717) is 12.0 Å². The summed E-state index contributed by atoms with van der Waals surface area (Å²) in [7, 11) is 0. The highest BCUT2D eigenvalue weighted by Gasteiger charge is 2.29. The van der Waals surface area contributed by atoms with Crippen molar-refractivity contribution in [2.45, 2.75) is 64.3 Å². The van der Waals surface area contributed by atoms with Gasteiger partial charge in [-0.15, -0.1) is 0 Å². The Morgan fingerprint density at radius 1 is 1.07 bits per heavy atom. The van der Waals surface area contributed by atoms with E-state index in [0.717, 1.165) is 56.8 Å². The van der Waals surface area contributed by atoms with Crippen LogP contribution >= 0.6 is 0 Å². The largest absolute Gasteiger partial charge is 0.356 e. The summed E-state index contributed by atoms with van der Waals surface area (Å²) < 4.78 is 0. The van der Waals surface area contributed by atoms with Gasteiger partial charge in [-0.2, -0.15) is 0 Å². The summed E-state index contributed by atoms with van der Waals surface area (Å²) in [4.78, 5) is 25.0. The first-order chi connectivity index (χ1) is 13.7. The molecule has 0 aliphatic carbocycles. The van der Waals surface area contributed by atoms with Crippen LogP contribution in [-0.4, -0.2) is 66.0 Å². The van der Waals surface area contributed by atoms with Gasteiger partial charge in [-0.1, -0.05) is 6.92 Å². The van der Waals surface area contributed by atoms with Crippen LogP contribution in [-0.2, 0) is 0 Å². The Balaban J connectivity index is 1.43. The molecule has 28 heavy (non-hydrogen) atoms. The van der Waals surface area contributed by atoms with Crippen molar-refractivity contribution in [2.75, 3.05) is 44.2 Å². The van der Waals surface area contributed by atoms with E-state index >= 15 is 0 Å². The van der Waals surface area contributed by atoms with Gasteiger partial charge in [-0.25, -0.2) is 4.98 Å². The number of amides is 1. The number of anilines is 1. The highest BCUT2D eigenvalue weighted by molar-refractivity contribution is 5.95. The van der Waals surface area contributed by atoms with E-state index < -0.39 is 0 Å². The maximum atomic E-state index is 13.4. The van der Waals surface area contributed by atoms with Gasteiger partial charge < -0.3 is 14.7 Å². The molecule has 0 radical (unpaired) electrons. The molecule has 154 valence electrons. The number of carbonyl (C=O) groups excluding carboxylic acids is 1. The lowest BCUT2D eigenvalue weighted by molar-refractivity contribution is 0.0588. The maximum absolute atomic E-state index is 13.4. The minimum absolute atomic E-state index is 0.208. The fraction of sp³-hybridized carbons (Fsp3) is 0.739. The molecular formula is C23H36N4O. The number of piperidine rings is 2. The van der Waals surface area contributed by atoms with Gasteiger partial charge in [0, 0.05) is 44.0 Å². The van der Waals surface area contributed by atoms with Gasteiger partial charge in [0.05, 0.1) is 0 Å². The number of likely N-dealkylation sites (tertiary alicyclic amines) is 2. The van der Waals surface area contributed by atoms with E-state index in [1.54, 1.807) is 0 Å². The van der Waals surface area contributed by atoms with Crippen molar-refractivity contribution in [1.29, 1.82) is 0 Å². The van der Waals surface area contributed by atoms with E-state index in [1.165, 1.54) is 45.2 Å². The van der Waals surface area contributed by atoms with Crippen LogP contribution in [0.4, 0.5) is 5.82 Å². The van der Waals surface area contributed by atoms with Crippen LogP contribution in [0.5, 0.6) is 0 Å². The normalized spacial score (nSPS) is 26.6. The standard InChI is InChI=1S/C23H36N4O/c1-19-7-6-14-26(18-19)22-17-20(9-11-24-22)23(28)27-15-3-2-8-21(27)10-16-25-12-4-5-13-25/h9,11,17,19,21H,2-8,10,12-16,18H2,1H3/t19-,21+/m0/s1. The van der Waals surface area contributed by atoms with Crippen molar-refractivity contribution >= 4 is 11.7 Å². The van der Waals surface area contributed by atoms with Crippen molar-refractivity contribution in [1.82, 2.24) is 14.8 Å². The summed E-state index contributed by atoms with van der Waals surface area (Å²) in [5.74, 6) is 1.88. The SMILES string of the molecule is C[C@H]1CCCN(c2cc(C(=O)N3CCCC[C@@H]3CCN3CCCC3)ccn2)C1. The fourth-order valence-electron chi connectivity index (χ4n) is 5.19. The van der Waals surface area contributed by atoms with Crippen molar-refractivity contribution < 1.29 is 4.79 Å². The highest BCUT2D eigenvalue weighted by Crippen LogP contribution is 2.25. The van der Waals surface area contributed by atoms with E-state index in [1.807, 2.05) is 18.3 Å². The topological polar surface area (TPSA) is 39.7 Å². The lowest BCUT2D eigenvalue weighted by Gasteiger charge is -2.37. The van der Waals surface area contributed by atoms with Crippen molar-refractivity contribution in [3.05, 3.63) is 23.9 Å². The number of hydrogen-bond acceptors (Lipinski definition) is 4. The number of aromatic nitrogens is 1. The Labute approximate surface area is 170 Å². The second-order valence-electron chi connectivity index (χ2n) is 9.08. The third-order valence-electron chi connectivity index (χ3n) is 6.84. The Hall–Kier alpha value is -1.62. The average Bonchev–Trinajstić information content (AvgIpc) is 3.26. The molecule has 0 bridgehead atoms. The number of hydrogen-bond donors (Lipinski definition) is 0. The van der Waals surface area contributed by atoms with Crippen LogP contribution in [0.2, 0.25) is 0 Å².